The fourth-order valence-corrected chi connectivity index (χ4v) is 3.64. The third-order valence-electron chi connectivity index (χ3n) is 5.36. The molecule has 2 aliphatic heterocycles. The van der Waals surface area contributed by atoms with Crippen molar-refractivity contribution in [2.24, 2.45) is 10.9 Å². The molecule has 1 fully saturated rings. The molecule has 160 valence electrons. The van der Waals surface area contributed by atoms with E-state index in [4.69, 9.17) is 9.47 Å². The molecule has 2 heterocycles. The van der Waals surface area contributed by atoms with Gasteiger partial charge in [0, 0.05) is 0 Å². The van der Waals surface area contributed by atoms with E-state index in [1.165, 1.54) is 32.1 Å². The number of guanidine groups is 1. The zero-order chi connectivity index (χ0) is 20.4. The molecule has 28 heavy (non-hydrogen) atoms. The van der Waals surface area contributed by atoms with E-state index in [9.17, 15) is 9.59 Å². The first-order chi connectivity index (χ1) is 13.5. The van der Waals surface area contributed by atoms with Gasteiger partial charge < -0.3 is 14.8 Å². The van der Waals surface area contributed by atoms with Crippen molar-refractivity contribution >= 4 is 18.1 Å². The molecule has 2 N–H and O–H groups in total. The Hall–Kier alpha value is -1.83. The van der Waals surface area contributed by atoms with E-state index in [0.717, 1.165) is 25.7 Å². The average Bonchev–Trinajstić information content (AvgIpc) is 3.04. The molecule has 8 heteroatoms. The first kappa shape index (κ1) is 22.5. The molecule has 3 amide bonds. The van der Waals surface area contributed by atoms with Crippen molar-refractivity contribution in [3.8, 4) is 0 Å². The van der Waals surface area contributed by atoms with E-state index in [1.807, 2.05) is 0 Å². The number of ether oxygens (including phenoxy) is 2. The molecule has 8 nitrogen and oxygen atoms in total. The normalized spacial score (nSPS) is 24.7. The molecular weight excluding hydrogens is 360 g/mol. The van der Waals surface area contributed by atoms with Gasteiger partial charge in [0.05, 0.1) is 19.4 Å². The summed E-state index contributed by atoms with van der Waals surface area (Å²) >= 11 is 0. The fraction of sp³-hybridized carbons (Fsp3) is 0.850. The lowest BCUT2D eigenvalue weighted by atomic mass is 10.0. The van der Waals surface area contributed by atoms with Crippen LogP contribution in [0.3, 0.4) is 0 Å². The quantitative estimate of drug-likeness (QED) is 0.545. The molecule has 3 unspecified atom stereocenters. The first-order valence-electron chi connectivity index (χ1n) is 10.8. The molecule has 0 spiro atoms. The van der Waals surface area contributed by atoms with E-state index >= 15 is 0 Å². The number of unbranched alkanes of at least 4 members (excludes halogenated alkanes) is 6. The third kappa shape index (κ3) is 6.96. The van der Waals surface area contributed by atoms with Gasteiger partial charge in [0.2, 0.25) is 5.96 Å². The van der Waals surface area contributed by atoms with Gasteiger partial charge in [-0.2, -0.15) is 4.99 Å². The number of nitrogens with zero attached hydrogens (tertiary/aromatic N) is 2. The summed E-state index contributed by atoms with van der Waals surface area (Å²) in [5.41, 5.74) is 0. The van der Waals surface area contributed by atoms with Crippen LogP contribution in [-0.4, -0.2) is 48.6 Å². The maximum Gasteiger partial charge on any atom is 0.413 e. The van der Waals surface area contributed by atoms with Crippen molar-refractivity contribution in [1.29, 1.82) is 0 Å². The number of alkyl carbamates (subject to hydrolysis) is 1. The molecule has 0 aromatic rings. The summed E-state index contributed by atoms with van der Waals surface area (Å²) in [4.78, 5) is 29.6. The molecule has 0 aliphatic carbocycles. The SMILES string of the molecule is CCCCCCCCCOC(=O)NC1=NC(=O)N(C2CC(C)C(CC)O2)CN1. The maximum absolute atomic E-state index is 12.3. The highest BCUT2D eigenvalue weighted by atomic mass is 16.5. The Bertz CT molecular complexity index is 540. The Labute approximate surface area is 168 Å². The summed E-state index contributed by atoms with van der Waals surface area (Å²) in [5.74, 6) is 0.539. The minimum atomic E-state index is -0.588. The van der Waals surface area contributed by atoms with Crippen LogP contribution in [0.2, 0.25) is 0 Å². The van der Waals surface area contributed by atoms with Gasteiger partial charge in [-0.3, -0.25) is 10.2 Å². The van der Waals surface area contributed by atoms with E-state index in [-0.39, 0.29) is 25.0 Å². The van der Waals surface area contributed by atoms with E-state index in [1.54, 1.807) is 4.90 Å². The van der Waals surface area contributed by atoms with Crippen molar-refractivity contribution in [3.05, 3.63) is 0 Å². The molecule has 2 aliphatic rings. The van der Waals surface area contributed by atoms with Crippen LogP contribution in [0, 0.1) is 5.92 Å². The van der Waals surface area contributed by atoms with Crippen LogP contribution in [0.1, 0.15) is 78.6 Å². The van der Waals surface area contributed by atoms with Gasteiger partial charge in [0.25, 0.3) is 0 Å². The molecule has 2 rings (SSSR count). The number of hydrogen-bond donors (Lipinski definition) is 2. The standard InChI is InChI=1S/C20H36N4O4/c1-4-6-7-8-9-10-11-12-27-20(26)23-18-21-14-24(19(25)22-18)17-13-15(3)16(5-2)28-17/h15-17H,4-14H2,1-3H3,(H2,21,22,23,25,26). The second-order valence-corrected chi connectivity index (χ2v) is 7.68. The van der Waals surface area contributed by atoms with Gasteiger partial charge >= 0.3 is 12.1 Å². The van der Waals surface area contributed by atoms with E-state index < -0.39 is 12.1 Å². The number of hydrogen-bond acceptors (Lipinski definition) is 5. The van der Waals surface area contributed by atoms with Crippen LogP contribution in [0.15, 0.2) is 4.99 Å². The molecule has 0 bridgehead atoms. The summed E-state index contributed by atoms with van der Waals surface area (Å²) in [6.45, 7) is 7.04. The topological polar surface area (TPSA) is 92.3 Å². The number of rotatable bonds is 10. The summed E-state index contributed by atoms with van der Waals surface area (Å²) in [5, 5.41) is 5.45. The van der Waals surface area contributed by atoms with Crippen LogP contribution in [-0.2, 0) is 9.47 Å². The summed E-state index contributed by atoms with van der Waals surface area (Å²) in [7, 11) is 0. The van der Waals surface area contributed by atoms with Crippen molar-refractivity contribution in [2.45, 2.75) is 90.9 Å². The third-order valence-corrected chi connectivity index (χ3v) is 5.36. The monoisotopic (exact) mass is 396 g/mol. The lowest BCUT2D eigenvalue weighted by Crippen LogP contribution is -2.54. The van der Waals surface area contributed by atoms with Gasteiger partial charge in [-0.05, 0) is 25.2 Å². The van der Waals surface area contributed by atoms with E-state index in [2.05, 4.69) is 36.4 Å². The van der Waals surface area contributed by atoms with Crippen molar-refractivity contribution in [1.82, 2.24) is 15.5 Å². The Morgan fingerprint density at radius 3 is 2.61 bits per heavy atom. The highest BCUT2D eigenvalue weighted by Gasteiger charge is 2.38. The molecule has 3 atom stereocenters. The van der Waals surface area contributed by atoms with Crippen LogP contribution in [0.5, 0.6) is 0 Å². The van der Waals surface area contributed by atoms with Crippen LogP contribution in [0.25, 0.3) is 0 Å². The zero-order valence-electron chi connectivity index (χ0n) is 17.5. The first-order valence-corrected chi connectivity index (χ1v) is 10.8. The Morgan fingerprint density at radius 2 is 1.96 bits per heavy atom. The van der Waals surface area contributed by atoms with Gasteiger partial charge in [0.1, 0.15) is 6.23 Å². The van der Waals surface area contributed by atoms with Crippen LogP contribution >= 0.6 is 0 Å². The van der Waals surface area contributed by atoms with Crippen LogP contribution < -0.4 is 10.6 Å². The Morgan fingerprint density at radius 1 is 1.25 bits per heavy atom. The molecule has 1 saturated heterocycles. The second kappa shape index (κ2) is 11.9. The van der Waals surface area contributed by atoms with Crippen LogP contribution in [0.4, 0.5) is 9.59 Å². The number of aliphatic imine (C=N–C) groups is 1. The number of urea groups is 1. The Kier molecular flexibility index (Phi) is 9.54. The minimum absolute atomic E-state index is 0.129. The van der Waals surface area contributed by atoms with Crippen molar-refractivity contribution in [3.63, 3.8) is 0 Å². The average molecular weight is 397 g/mol. The molecule has 0 aromatic carbocycles. The molecule has 0 aromatic heterocycles. The van der Waals surface area contributed by atoms with Gasteiger partial charge in [0.15, 0.2) is 0 Å². The predicted octanol–water partition coefficient (Wildman–Crippen LogP) is 3.96. The largest absolute Gasteiger partial charge is 0.449 e. The second-order valence-electron chi connectivity index (χ2n) is 7.68. The zero-order valence-corrected chi connectivity index (χ0v) is 17.5. The molecule has 0 radical (unpaired) electrons. The summed E-state index contributed by atoms with van der Waals surface area (Å²) < 4.78 is 11.1. The van der Waals surface area contributed by atoms with Gasteiger partial charge in [-0.1, -0.05) is 59.3 Å². The van der Waals surface area contributed by atoms with Crippen molar-refractivity contribution in [2.75, 3.05) is 13.3 Å². The number of carbonyl (C=O) groups excluding carboxylic acids is 2. The van der Waals surface area contributed by atoms with Crippen molar-refractivity contribution < 1.29 is 19.1 Å². The number of nitrogens with one attached hydrogen (secondary N) is 2. The lowest BCUT2D eigenvalue weighted by molar-refractivity contribution is -0.0386. The summed E-state index contributed by atoms with van der Waals surface area (Å²) in [6, 6.07) is -0.407. The Balaban J connectivity index is 1.64. The highest BCUT2D eigenvalue weighted by molar-refractivity contribution is 6.01. The predicted molar refractivity (Wildman–Crippen MR) is 108 cm³/mol. The number of carbonyl (C=O) groups is 2. The molecular formula is C20H36N4O4. The maximum atomic E-state index is 12.3. The van der Waals surface area contributed by atoms with Gasteiger partial charge in [-0.15, -0.1) is 0 Å². The number of amides is 3. The minimum Gasteiger partial charge on any atom is -0.449 e. The lowest BCUT2D eigenvalue weighted by Gasteiger charge is -2.30. The fourth-order valence-electron chi connectivity index (χ4n) is 3.64. The summed E-state index contributed by atoms with van der Waals surface area (Å²) in [6.07, 6.45) is 9.16. The van der Waals surface area contributed by atoms with E-state index in [0.29, 0.717) is 12.5 Å². The highest BCUT2D eigenvalue weighted by Crippen LogP contribution is 2.30. The smallest absolute Gasteiger partial charge is 0.413 e. The molecule has 0 saturated carbocycles. The van der Waals surface area contributed by atoms with Gasteiger partial charge in [-0.25, -0.2) is 9.59 Å².